The summed E-state index contributed by atoms with van der Waals surface area (Å²) in [7, 11) is 0. The molecule has 1 amide bonds. The summed E-state index contributed by atoms with van der Waals surface area (Å²) in [4.78, 5) is 12.4. The number of rotatable bonds is 4. The molecule has 1 fully saturated rings. The lowest BCUT2D eigenvalue weighted by Gasteiger charge is -2.39. The summed E-state index contributed by atoms with van der Waals surface area (Å²) in [6, 6.07) is 1.83. The van der Waals surface area contributed by atoms with E-state index in [1.165, 1.54) is 0 Å². The third kappa shape index (κ3) is 1.99. The van der Waals surface area contributed by atoms with E-state index >= 15 is 0 Å². The van der Waals surface area contributed by atoms with Crippen LogP contribution >= 0.6 is 0 Å². The van der Waals surface area contributed by atoms with E-state index in [0.29, 0.717) is 11.6 Å². The number of aromatic nitrogens is 4. The zero-order chi connectivity index (χ0) is 14.2. The average molecular weight is 275 g/mol. The molecular formula is C13H17N5O2. The zero-order valence-corrected chi connectivity index (χ0v) is 11.5. The molecule has 20 heavy (non-hydrogen) atoms. The first-order valence-corrected chi connectivity index (χ1v) is 6.76. The standard InChI is InChI=1S/C13H17N5O2/c1-8(2)9-4-7-20-10(9)11(19)14-13(5-3-6-13)12-15-17-18-16-12/h4,7-8H,3,5-6H2,1-2H3,(H,14,19)(H,15,16,17,18). The first-order valence-electron chi connectivity index (χ1n) is 6.76. The van der Waals surface area contributed by atoms with Gasteiger partial charge in [0.05, 0.1) is 6.26 Å². The highest BCUT2D eigenvalue weighted by atomic mass is 16.3. The number of carbonyl (C=O) groups excluding carboxylic acids is 1. The lowest BCUT2D eigenvalue weighted by molar-refractivity contribution is 0.0779. The van der Waals surface area contributed by atoms with Gasteiger partial charge < -0.3 is 9.73 Å². The summed E-state index contributed by atoms with van der Waals surface area (Å²) in [5.41, 5.74) is 0.399. The Morgan fingerprint density at radius 2 is 2.30 bits per heavy atom. The van der Waals surface area contributed by atoms with Crippen LogP contribution in [-0.4, -0.2) is 26.5 Å². The highest BCUT2D eigenvalue weighted by Gasteiger charge is 2.44. The summed E-state index contributed by atoms with van der Waals surface area (Å²) in [6.07, 6.45) is 4.21. The molecule has 0 aliphatic heterocycles. The van der Waals surface area contributed by atoms with Crippen LogP contribution in [0, 0.1) is 0 Å². The Labute approximate surface area is 116 Å². The molecule has 0 spiro atoms. The van der Waals surface area contributed by atoms with Crippen LogP contribution in [0.25, 0.3) is 0 Å². The van der Waals surface area contributed by atoms with Gasteiger partial charge in [0.1, 0.15) is 5.54 Å². The maximum Gasteiger partial charge on any atom is 0.288 e. The maximum atomic E-state index is 12.4. The monoisotopic (exact) mass is 275 g/mol. The summed E-state index contributed by atoms with van der Waals surface area (Å²) >= 11 is 0. The molecule has 0 saturated heterocycles. The van der Waals surface area contributed by atoms with Crippen molar-refractivity contribution in [2.75, 3.05) is 0 Å². The molecule has 106 valence electrons. The van der Waals surface area contributed by atoms with Gasteiger partial charge in [0.2, 0.25) is 0 Å². The summed E-state index contributed by atoms with van der Waals surface area (Å²) in [5, 5.41) is 17.0. The topological polar surface area (TPSA) is 96.7 Å². The minimum Gasteiger partial charge on any atom is -0.459 e. The molecule has 1 saturated carbocycles. The SMILES string of the molecule is CC(C)c1ccoc1C(=O)NC1(c2nn[nH]n2)CCC1. The van der Waals surface area contributed by atoms with Crippen LogP contribution in [0.4, 0.5) is 0 Å². The third-order valence-electron chi connectivity index (χ3n) is 3.86. The minimum absolute atomic E-state index is 0.219. The number of tetrazole rings is 1. The van der Waals surface area contributed by atoms with E-state index in [9.17, 15) is 4.79 Å². The van der Waals surface area contributed by atoms with Crippen LogP contribution in [0.3, 0.4) is 0 Å². The number of hydrogen-bond donors (Lipinski definition) is 2. The van der Waals surface area contributed by atoms with Gasteiger partial charge in [-0.3, -0.25) is 4.79 Å². The molecule has 2 heterocycles. The van der Waals surface area contributed by atoms with Crippen LogP contribution in [0.5, 0.6) is 0 Å². The second-order valence-electron chi connectivity index (χ2n) is 5.48. The maximum absolute atomic E-state index is 12.4. The van der Waals surface area contributed by atoms with Gasteiger partial charge in [0.25, 0.3) is 5.91 Å². The fraction of sp³-hybridized carbons (Fsp3) is 0.538. The number of nitrogens with one attached hydrogen (secondary N) is 2. The largest absolute Gasteiger partial charge is 0.459 e. The van der Waals surface area contributed by atoms with E-state index in [1.54, 1.807) is 6.26 Å². The van der Waals surface area contributed by atoms with E-state index in [1.807, 2.05) is 19.9 Å². The van der Waals surface area contributed by atoms with Crippen molar-refractivity contribution in [3.8, 4) is 0 Å². The zero-order valence-electron chi connectivity index (χ0n) is 11.5. The van der Waals surface area contributed by atoms with Gasteiger partial charge in [0, 0.05) is 5.56 Å². The molecule has 2 aromatic heterocycles. The van der Waals surface area contributed by atoms with Crippen molar-refractivity contribution in [2.45, 2.75) is 44.6 Å². The Morgan fingerprint density at radius 1 is 1.50 bits per heavy atom. The van der Waals surface area contributed by atoms with Crippen LogP contribution in [-0.2, 0) is 5.54 Å². The van der Waals surface area contributed by atoms with E-state index in [2.05, 4.69) is 25.9 Å². The molecule has 0 bridgehead atoms. The van der Waals surface area contributed by atoms with Crippen LogP contribution in [0.15, 0.2) is 16.7 Å². The Kier molecular flexibility index (Phi) is 3.04. The Balaban J connectivity index is 1.83. The van der Waals surface area contributed by atoms with Crippen molar-refractivity contribution >= 4 is 5.91 Å². The summed E-state index contributed by atoms with van der Waals surface area (Å²) in [6.45, 7) is 4.06. The van der Waals surface area contributed by atoms with Crippen LogP contribution in [0.2, 0.25) is 0 Å². The molecule has 7 nitrogen and oxygen atoms in total. The molecule has 0 unspecified atom stereocenters. The number of aromatic amines is 1. The van der Waals surface area contributed by atoms with Gasteiger partial charge in [-0.05, 0) is 31.2 Å². The average Bonchev–Trinajstić information content (AvgIpc) is 3.03. The normalized spacial score (nSPS) is 16.9. The van der Waals surface area contributed by atoms with Crippen molar-refractivity contribution in [1.29, 1.82) is 0 Å². The Bertz CT molecular complexity index is 598. The van der Waals surface area contributed by atoms with E-state index in [0.717, 1.165) is 24.8 Å². The number of nitrogens with zero attached hydrogens (tertiary/aromatic N) is 3. The molecule has 2 aromatic rings. The Morgan fingerprint density at radius 3 is 2.85 bits per heavy atom. The van der Waals surface area contributed by atoms with Crippen LogP contribution in [0.1, 0.15) is 61.0 Å². The van der Waals surface area contributed by atoms with Crippen molar-refractivity contribution in [3.05, 3.63) is 29.5 Å². The molecule has 1 aliphatic rings. The highest BCUT2D eigenvalue weighted by Crippen LogP contribution is 2.39. The van der Waals surface area contributed by atoms with Crippen molar-refractivity contribution in [2.24, 2.45) is 0 Å². The van der Waals surface area contributed by atoms with Crippen LogP contribution < -0.4 is 5.32 Å². The lowest BCUT2D eigenvalue weighted by Crippen LogP contribution is -2.51. The predicted molar refractivity (Wildman–Crippen MR) is 70.0 cm³/mol. The fourth-order valence-electron chi connectivity index (χ4n) is 2.53. The number of hydrogen-bond acceptors (Lipinski definition) is 5. The van der Waals surface area contributed by atoms with Gasteiger partial charge in [0.15, 0.2) is 11.6 Å². The Hall–Kier alpha value is -2.18. The van der Waals surface area contributed by atoms with Gasteiger partial charge >= 0.3 is 0 Å². The van der Waals surface area contributed by atoms with Crippen molar-refractivity contribution in [3.63, 3.8) is 0 Å². The number of amides is 1. The minimum atomic E-state index is -0.509. The number of H-pyrrole nitrogens is 1. The van der Waals surface area contributed by atoms with Crippen molar-refractivity contribution in [1.82, 2.24) is 25.9 Å². The molecule has 2 N–H and O–H groups in total. The van der Waals surface area contributed by atoms with Gasteiger partial charge in [-0.1, -0.05) is 19.1 Å². The summed E-state index contributed by atoms with van der Waals surface area (Å²) in [5.74, 6) is 0.921. The van der Waals surface area contributed by atoms with Gasteiger partial charge in [-0.15, -0.1) is 10.2 Å². The molecule has 7 heteroatoms. The quantitative estimate of drug-likeness (QED) is 0.885. The predicted octanol–water partition coefficient (Wildman–Crippen LogP) is 1.73. The van der Waals surface area contributed by atoms with E-state index in [-0.39, 0.29) is 11.8 Å². The highest BCUT2D eigenvalue weighted by molar-refractivity contribution is 5.93. The fourth-order valence-corrected chi connectivity index (χ4v) is 2.53. The smallest absolute Gasteiger partial charge is 0.288 e. The molecular weight excluding hydrogens is 258 g/mol. The molecule has 0 aromatic carbocycles. The molecule has 0 atom stereocenters. The summed E-state index contributed by atoms with van der Waals surface area (Å²) < 4.78 is 5.34. The molecule has 1 aliphatic carbocycles. The molecule has 3 rings (SSSR count). The first-order chi connectivity index (χ1) is 9.62. The lowest BCUT2D eigenvalue weighted by atomic mass is 9.76. The number of furan rings is 1. The number of carbonyl (C=O) groups is 1. The van der Waals surface area contributed by atoms with E-state index < -0.39 is 5.54 Å². The second-order valence-corrected chi connectivity index (χ2v) is 5.48. The first kappa shape index (κ1) is 12.8. The third-order valence-corrected chi connectivity index (χ3v) is 3.86. The van der Waals surface area contributed by atoms with Crippen molar-refractivity contribution < 1.29 is 9.21 Å². The second kappa shape index (κ2) is 4.73. The van der Waals surface area contributed by atoms with Gasteiger partial charge in [-0.2, -0.15) is 5.21 Å². The molecule has 0 radical (unpaired) electrons. The van der Waals surface area contributed by atoms with Gasteiger partial charge in [-0.25, -0.2) is 0 Å². The van der Waals surface area contributed by atoms with E-state index in [4.69, 9.17) is 4.42 Å².